The van der Waals surface area contributed by atoms with Crippen LogP contribution in [0.2, 0.25) is 0 Å². The Labute approximate surface area is 229 Å². The Hall–Kier alpha value is -2.04. The molecule has 1 rings (SSSR count). The average Bonchev–Trinajstić information content (AvgIpc) is 2.66. The number of nitrogens with one attached hydrogen (secondary N) is 1. The first kappa shape index (κ1) is 32.0. The molecule has 0 saturated heterocycles. The lowest BCUT2D eigenvalue weighted by Crippen LogP contribution is -2.47. The lowest BCUT2D eigenvalue weighted by atomic mass is 9.94. The van der Waals surface area contributed by atoms with Crippen molar-refractivity contribution in [1.29, 1.82) is 0 Å². The zero-order valence-corrected chi connectivity index (χ0v) is 25.2. The molecule has 1 aromatic rings. The number of esters is 2. The van der Waals surface area contributed by atoms with E-state index in [9.17, 15) is 14.4 Å². The maximum atomic E-state index is 13.1. The molecule has 9 heteroatoms. The largest absolute Gasteiger partial charge is 0.494 e. The van der Waals surface area contributed by atoms with Gasteiger partial charge in [-0.05, 0) is 128 Å². The summed E-state index contributed by atoms with van der Waals surface area (Å²) >= 11 is 2.22. The molecular formula is C27H42INO7. The smallest absolute Gasteiger partial charge is 0.408 e. The molecule has 8 nitrogen and oxygen atoms in total. The summed E-state index contributed by atoms with van der Waals surface area (Å²) in [5.41, 5.74) is -2.22. The topological polar surface area (TPSA) is 100 Å². The van der Waals surface area contributed by atoms with Gasteiger partial charge in [-0.1, -0.05) is 0 Å². The molecular weight excluding hydrogens is 577 g/mol. The van der Waals surface area contributed by atoms with E-state index in [2.05, 4.69) is 27.9 Å². The number of ether oxygens (including phenoxy) is 4. The van der Waals surface area contributed by atoms with Crippen molar-refractivity contribution >= 4 is 40.6 Å². The first-order valence-electron chi connectivity index (χ1n) is 12.2. The predicted octanol–water partition coefficient (Wildman–Crippen LogP) is 6.03. The van der Waals surface area contributed by atoms with E-state index in [0.717, 1.165) is 9.32 Å². The molecule has 0 unspecified atom stereocenters. The maximum Gasteiger partial charge on any atom is 0.408 e. The molecule has 0 aliphatic carbocycles. The molecule has 0 heterocycles. The average molecular weight is 620 g/mol. The zero-order valence-electron chi connectivity index (χ0n) is 23.0. The summed E-state index contributed by atoms with van der Waals surface area (Å²) in [6.45, 7) is 16.1. The first-order valence-corrected chi connectivity index (χ1v) is 13.3. The van der Waals surface area contributed by atoms with Gasteiger partial charge in [0.2, 0.25) is 0 Å². The Morgan fingerprint density at radius 2 is 1.31 bits per heavy atom. The number of carbonyl (C=O) groups is 3. The number of halogens is 1. The van der Waals surface area contributed by atoms with Crippen LogP contribution < -0.4 is 10.1 Å². The second-order valence-corrected chi connectivity index (χ2v) is 12.9. The van der Waals surface area contributed by atoms with Gasteiger partial charge in [0.05, 0.1) is 12.5 Å². The third-order valence-corrected chi connectivity index (χ3v) is 5.14. The maximum absolute atomic E-state index is 13.1. The minimum atomic E-state index is -1.09. The molecule has 0 aliphatic heterocycles. The van der Waals surface area contributed by atoms with Gasteiger partial charge in [-0.3, -0.25) is 4.79 Å². The molecule has 0 bridgehead atoms. The highest BCUT2D eigenvalue weighted by atomic mass is 127. The van der Waals surface area contributed by atoms with E-state index in [0.29, 0.717) is 19.4 Å². The summed E-state index contributed by atoms with van der Waals surface area (Å²) in [5.74, 6) is -1.02. The Morgan fingerprint density at radius 3 is 1.81 bits per heavy atom. The molecule has 1 N–H and O–H groups in total. The lowest BCUT2D eigenvalue weighted by molar-refractivity contribution is -0.163. The van der Waals surface area contributed by atoms with Gasteiger partial charge in [-0.15, -0.1) is 0 Å². The fourth-order valence-corrected chi connectivity index (χ4v) is 3.45. The summed E-state index contributed by atoms with van der Waals surface area (Å²) in [5, 5.41) is 2.59. The Bertz CT molecular complexity index is 864. The molecule has 2 atom stereocenters. The van der Waals surface area contributed by atoms with Crippen LogP contribution in [0, 0.1) is 9.49 Å². The van der Waals surface area contributed by atoms with E-state index in [1.165, 1.54) is 0 Å². The predicted molar refractivity (Wildman–Crippen MR) is 147 cm³/mol. The van der Waals surface area contributed by atoms with Gasteiger partial charge in [0.15, 0.2) is 0 Å². The summed E-state index contributed by atoms with van der Waals surface area (Å²) in [7, 11) is 0. The molecule has 36 heavy (non-hydrogen) atoms. The fraction of sp³-hybridized carbons (Fsp3) is 0.667. The van der Waals surface area contributed by atoms with Crippen LogP contribution in [0.25, 0.3) is 0 Å². The van der Waals surface area contributed by atoms with Crippen molar-refractivity contribution in [3.8, 4) is 5.75 Å². The number of carbonyl (C=O) groups excluding carboxylic acids is 3. The summed E-state index contributed by atoms with van der Waals surface area (Å²) < 4.78 is 23.4. The zero-order chi connectivity index (χ0) is 27.7. The van der Waals surface area contributed by atoms with Crippen molar-refractivity contribution in [2.75, 3.05) is 6.61 Å². The van der Waals surface area contributed by atoms with Gasteiger partial charge in [-0.2, -0.15) is 0 Å². The number of amides is 1. The van der Waals surface area contributed by atoms with Crippen LogP contribution in [-0.2, 0) is 23.8 Å². The molecule has 0 saturated carbocycles. The van der Waals surface area contributed by atoms with Crippen molar-refractivity contribution in [1.82, 2.24) is 5.32 Å². The summed E-state index contributed by atoms with van der Waals surface area (Å²) in [6.07, 6.45) is 0.188. The van der Waals surface area contributed by atoms with Crippen LogP contribution in [0.3, 0.4) is 0 Å². The van der Waals surface area contributed by atoms with Crippen molar-refractivity contribution < 1.29 is 33.3 Å². The van der Waals surface area contributed by atoms with E-state index in [1.807, 2.05) is 24.3 Å². The number of alkyl carbamates (subject to hydrolysis) is 1. The second-order valence-electron chi connectivity index (χ2n) is 11.6. The third-order valence-electron chi connectivity index (χ3n) is 4.42. The van der Waals surface area contributed by atoms with Crippen LogP contribution in [0.4, 0.5) is 4.79 Å². The van der Waals surface area contributed by atoms with Gasteiger partial charge < -0.3 is 24.3 Å². The highest BCUT2D eigenvalue weighted by Crippen LogP contribution is 2.23. The van der Waals surface area contributed by atoms with E-state index in [1.54, 1.807) is 62.3 Å². The van der Waals surface area contributed by atoms with Crippen molar-refractivity contribution in [3.63, 3.8) is 0 Å². The van der Waals surface area contributed by atoms with Gasteiger partial charge in [-0.25, -0.2) is 9.59 Å². The van der Waals surface area contributed by atoms with Crippen LogP contribution in [-0.4, -0.2) is 47.5 Å². The highest BCUT2D eigenvalue weighted by Gasteiger charge is 2.34. The van der Waals surface area contributed by atoms with E-state index in [-0.39, 0.29) is 6.42 Å². The molecule has 0 fully saturated rings. The second kappa shape index (κ2) is 13.5. The van der Waals surface area contributed by atoms with Gasteiger partial charge in [0, 0.05) is 3.57 Å². The number of hydrogen-bond donors (Lipinski definition) is 1. The molecule has 1 amide bonds. The molecule has 0 aliphatic rings. The van der Waals surface area contributed by atoms with Gasteiger partial charge in [0.1, 0.15) is 28.6 Å². The van der Waals surface area contributed by atoms with Gasteiger partial charge in [0.25, 0.3) is 0 Å². The number of hydrogen-bond acceptors (Lipinski definition) is 7. The summed E-state index contributed by atoms with van der Waals surface area (Å²) in [4.78, 5) is 38.5. The highest BCUT2D eigenvalue weighted by molar-refractivity contribution is 14.1. The van der Waals surface area contributed by atoms with Crippen molar-refractivity contribution in [3.05, 3.63) is 27.8 Å². The third kappa shape index (κ3) is 14.5. The fourth-order valence-electron chi connectivity index (χ4n) is 3.09. The Morgan fingerprint density at radius 1 is 0.806 bits per heavy atom. The molecule has 0 aromatic heterocycles. The summed E-state index contributed by atoms with van der Waals surface area (Å²) in [6, 6.07) is 6.58. The first-order chi connectivity index (χ1) is 16.3. The van der Waals surface area contributed by atoms with Gasteiger partial charge >= 0.3 is 18.0 Å². The standard InChI is InChI=1S/C27H42INO7/c1-25(2,3)34-22(30)18(11-10-16-33-20-14-12-19(28)13-15-20)17-21(23(31)35-26(4,5)6)29-24(32)36-27(7,8)9/h12-15,18,21H,10-11,16-17H2,1-9H3,(H,29,32)/t18-,21-/m0/s1. The SMILES string of the molecule is CC(C)(C)OC(=O)N[C@@H](C[C@H](CCCOc1ccc(I)cc1)C(=O)OC(C)(C)C)C(=O)OC(C)(C)C. The normalized spacial score (nSPS) is 13.8. The molecule has 204 valence electrons. The lowest BCUT2D eigenvalue weighted by Gasteiger charge is -2.29. The van der Waals surface area contributed by atoms with Crippen molar-refractivity contribution in [2.45, 2.75) is 104 Å². The minimum absolute atomic E-state index is 0.00655. The monoisotopic (exact) mass is 619 g/mol. The van der Waals surface area contributed by atoms with Crippen molar-refractivity contribution in [2.24, 2.45) is 5.92 Å². The quantitative estimate of drug-likeness (QED) is 0.148. The molecule has 1 aromatic carbocycles. The van der Waals surface area contributed by atoms with Crippen LogP contribution in [0.5, 0.6) is 5.75 Å². The van der Waals surface area contributed by atoms with Crippen LogP contribution in [0.15, 0.2) is 24.3 Å². The molecule has 0 spiro atoms. The van der Waals surface area contributed by atoms with Crippen LogP contribution >= 0.6 is 22.6 Å². The Kier molecular flexibility index (Phi) is 12.0. The van der Waals surface area contributed by atoms with E-state index >= 15 is 0 Å². The van der Waals surface area contributed by atoms with E-state index in [4.69, 9.17) is 18.9 Å². The molecule has 0 radical (unpaired) electrons. The number of rotatable bonds is 10. The number of benzene rings is 1. The minimum Gasteiger partial charge on any atom is -0.494 e. The van der Waals surface area contributed by atoms with Crippen LogP contribution in [0.1, 0.15) is 81.6 Å². The Balaban J connectivity index is 3.00. The van der Waals surface area contributed by atoms with E-state index < -0.39 is 46.8 Å².